The standard InChI is InChI=1S/C17H34N4O2/c1-17(2,3)23-16(22)19-8-9-20-10-12-21(13-11-20)14-15-4-6-18-7-5-15/h15,18H,4-14H2,1-3H3,(H,19,22). The van der Waals surface area contributed by atoms with Crippen LogP contribution >= 0.6 is 0 Å². The van der Waals surface area contributed by atoms with Crippen molar-refractivity contribution in [1.82, 2.24) is 20.4 Å². The van der Waals surface area contributed by atoms with Gasteiger partial charge in [-0.15, -0.1) is 0 Å². The number of ether oxygens (including phenoxy) is 1. The fraction of sp³-hybridized carbons (Fsp3) is 0.941. The van der Waals surface area contributed by atoms with E-state index in [2.05, 4.69) is 20.4 Å². The summed E-state index contributed by atoms with van der Waals surface area (Å²) < 4.78 is 5.25. The highest BCUT2D eigenvalue weighted by Crippen LogP contribution is 2.14. The number of piperidine rings is 1. The molecule has 2 saturated heterocycles. The average molecular weight is 326 g/mol. The molecule has 2 rings (SSSR count). The molecule has 0 aromatic rings. The minimum atomic E-state index is -0.426. The summed E-state index contributed by atoms with van der Waals surface area (Å²) >= 11 is 0. The van der Waals surface area contributed by atoms with E-state index in [-0.39, 0.29) is 6.09 Å². The van der Waals surface area contributed by atoms with Crippen LogP contribution in [-0.2, 0) is 4.74 Å². The summed E-state index contributed by atoms with van der Waals surface area (Å²) in [6.45, 7) is 15.3. The fourth-order valence-corrected chi connectivity index (χ4v) is 3.26. The normalized spacial score (nSPS) is 22.0. The minimum Gasteiger partial charge on any atom is -0.444 e. The van der Waals surface area contributed by atoms with Crippen molar-refractivity contribution in [2.45, 2.75) is 39.2 Å². The molecule has 2 N–H and O–H groups in total. The first-order valence-corrected chi connectivity index (χ1v) is 9.05. The van der Waals surface area contributed by atoms with Gasteiger partial charge in [0.05, 0.1) is 0 Å². The summed E-state index contributed by atoms with van der Waals surface area (Å²) in [6, 6.07) is 0. The zero-order chi connectivity index (χ0) is 16.7. The van der Waals surface area contributed by atoms with Gasteiger partial charge in [0.25, 0.3) is 0 Å². The lowest BCUT2D eigenvalue weighted by Gasteiger charge is -2.37. The number of nitrogens with one attached hydrogen (secondary N) is 2. The summed E-state index contributed by atoms with van der Waals surface area (Å²) in [6.07, 6.45) is 2.32. The first-order chi connectivity index (χ1) is 10.9. The molecule has 0 spiro atoms. The number of nitrogens with zero attached hydrogens (tertiary/aromatic N) is 2. The van der Waals surface area contributed by atoms with Gasteiger partial charge < -0.3 is 20.3 Å². The fourth-order valence-electron chi connectivity index (χ4n) is 3.26. The second kappa shape index (κ2) is 8.85. The molecule has 1 amide bonds. The third-order valence-corrected chi connectivity index (χ3v) is 4.54. The molecule has 2 fully saturated rings. The topological polar surface area (TPSA) is 56.8 Å². The highest BCUT2D eigenvalue weighted by Gasteiger charge is 2.21. The molecule has 0 atom stereocenters. The molecule has 6 nitrogen and oxygen atoms in total. The third-order valence-electron chi connectivity index (χ3n) is 4.54. The van der Waals surface area contributed by atoms with E-state index in [4.69, 9.17) is 4.74 Å². The zero-order valence-corrected chi connectivity index (χ0v) is 15.1. The number of piperazine rings is 1. The van der Waals surface area contributed by atoms with Gasteiger partial charge in [-0.3, -0.25) is 4.90 Å². The molecule has 0 aliphatic carbocycles. The van der Waals surface area contributed by atoms with Crippen LogP contribution in [0.4, 0.5) is 4.79 Å². The predicted octanol–water partition coefficient (Wildman–Crippen LogP) is 1.13. The largest absolute Gasteiger partial charge is 0.444 e. The zero-order valence-electron chi connectivity index (χ0n) is 15.1. The lowest BCUT2D eigenvalue weighted by Crippen LogP contribution is -2.50. The first-order valence-electron chi connectivity index (χ1n) is 9.05. The van der Waals surface area contributed by atoms with E-state index in [1.54, 1.807) is 0 Å². The molecular formula is C17H34N4O2. The van der Waals surface area contributed by atoms with E-state index in [0.717, 1.165) is 38.6 Å². The van der Waals surface area contributed by atoms with Crippen LogP contribution in [0.25, 0.3) is 0 Å². The molecule has 0 aromatic heterocycles. The summed E-state index contributed by atoms with van der Waals surface area (Å²) in [4.78, 5) is 16.6. The molecule has 0 unspecified atom stereocenters. The van der Waals surface area contributed by atoms with E-state index < -0.39 is 5.60 Å². The maximum absolute atomic E-state index is 11.6. The molecule has 2 aliphatic rings. The van der Waals surface area contributed by atoms with Crippen LogP contribution in [-0.4, -0.2) is 80.4 Å². The first kappa shape index (κ1) is 18.5. The van der Waals surface area contributed by atoms with Crippen LogP contribution in [0, 0.1) is 5.92 Å². The Morgan fingerprint density at radius 3 is 2.35 bits per heavy atom. The maximum atomic E-state index is 11.6. The molecule has 6 heteroatoms. The number of alkyl carbamates (subject to hydrolysis) is 1. The molecule has 2 heterocycles. The Labute approximate surface area is 140 Å². The van der Waals surface area contributed by atoms with Crippen molar-refractivity contribution in [3.8, 4) is 0 Å². The van der Waals surface area contributed by atoms with Crippen LogP contribution in [0.15, 0.2) is 0 Å². The number of rotatable bonds is 5. The van der Waals surface area contributed by atoms with E-state index >= 15 is 0 Å². The Balaban J connectivity index is 1.55. The Kier molecular flexibility index (Phi) is 7.11. The Hall–Kier alpha value is -0.850. The average Bonchev–Trinajstić information content (AvgIpc) is 2.48. The van der Waals surface area contributed by atoms with Gasteiger partial charge in [-0.05, 0) is 52.6 Å². The molecule has 134 valence electrons. The van der Waals surface area contributed by atoms with E-state index in [1.807, 2.05) is 20.8 Å². The van der Waals surface area contributed by atoms with Gasteiger partial charge in [0.15, 0.2) is 0 Å². The molecule has 2 aliphatic heterocycles. The van der Waals surface area contributed by atoms with Crippen molar-refractivity contribution in [3.05, 3.63) is 0 Å². The Bertz CT molecular complexity index is 356. The molecule has 0 aromatic carbocycles. The van der Waals surface area contributed by atoms with Crippen molar-refractivity contribution in [2.24, 2.45) is 5.92 Å². The lowest BCUT2D eigenvalue weighted by molar-refractivity contribution is 0.0514. The minimum absolute atomic E-state index is 0.318. The smallest absolute Gasteiger partial charge is 0.407 e. The van der Waals surface area contributed by atoms with Crippen LogP contribution in [0.1, 0.15) is 33.6 Å². The molecule has 23 heavy (non-hydrogen) atoms. The molecule has 0 radical (unpaired) electrons. The summed E-state index contributed by atoms with van der Waals surface area (Å²) in [7, 11) is 0. The predicted molar refractivity (Wildman–Crippen MR) is 92.7 cm³/mol. The lowest BCUT2D eigenvalue weighted by atomic mass is 9.97. The van der Waals surface area contributed by atoms with Crippen molar-refractivity contribution >= 4 is 6.09 Å². The van der Waals surface area contributed by atoms with Crippen LogP contribution < -0.4 is 10.6 Å². The second-order valence-electron chi connectivity index (χ2n) is 7.76. The molecule has 0 saturated carbocycles. The van der Waals surface area contributed by atoms with Gasteiger partial charge in [0, 0.05) is 45.8 Å². The van der Waals surface area contributed by atoms with Gasteiger partial charge in [-0.2, -0.15) is 0 Å². The van der Waals surface area contributed by atoms with Crippen LogP contribution in [0.2, 0.25) is 0 Å². The Morgan fingerprint density at radius 1 is 1.13 bits per heavy atom. The van der Waals surface area contributed by atoms with Crippen molar-refractivity contribution in [1.29, 1.82) is 0 Å². The molecular weight excluding hydrogens is 292 g/mol. The van der Waals surface area contributed by atoms with Crippen molar-refractivity contribution < 1.29 is 9.53 Å². The SMILES string of the molecule is CC(C)(C)OC(=O)NCCN1CCN(CC2CCNCC2)CC1. The van der Waals surface area contributed by atoms with E-state index in [1.165, 1.54) is 32.5 Å². The number of carbonyl (C=O) groups is 1. The van der Waals surface area contributed by atoms with Crippen molar-refractivity contribution in [3.63, 3.8) is 0 Å². The van der Waals surface area contributed by atoms with Gasteiger partial charge in [0.2, 0.25) is 0 Å². The van der Waals surface area contributed by atoms with E-state index in [0.29, 0.717) is 6.54 Å². The van der Waals surface area contributed by atoms with Crippen LogP contribution in [0.3, 0.4) is 0 Å². The number of hydrogen-bond acceptors (Lipinski definition) is 5. The highest BCUT2D eigenvalue weighted by molar-refractivity contribution is 5.67. The number of carbonyl (C=O) groups excluding carboxylic acids is 1. The summed E-state index contributed by atoms with van der Waals surface area (Å²) in [5, 5.41) is 6.27. The maximum Gasteiger partial charge on any atom is 0.407 e. The van der Waals surface area contributed by atoms with Crippen molar-refractivity contribution in [2.75, 3.05) is 58.9 Å². The van der Waals surface area contributed by atoms with Gasteiger partial charge in [-0.25, -0.2) is 4.79 Å². The second-order valence-corrected chi connectivity index (χ2v) is 7.76. The quantitative estimate of drug-likeness (QED) is 0.793. The van der Waals surface area contributed by atoms with E-state index in [9.17, 15) is 4.79 Å². The highest BCUT2D eigenvalue weighted by atomic mass is 16.6. The molecule has 0 bridgehead atoms. The van der Waals surface area contributed by atoms with Crippen LogP contribution in [0.5, 0.6) is 0 Å². The third kappa shape index (κ3) is 7.50. The Morgan fingerprint density at radius 2 is 1.74 bits per heavy atom. The van der Waals surface area contributed by atoms with Gasteiger partial charge >= 0.3 is 6.09 Å². The summed E-state index contributed by atoms with van der Waals surface area (Å²) in [5.41, 5.74) is -0.426. The number of amides is 1. The van der Waals surface area contributed by atoms with Gasteiger partial charge in [-0.1, -0.05) is 0 Å². The summed E-state index contributed by atoms with van der Waals surface area (Å²) in [5.74, 6) is 0.872. The van der Waals surface area contributed by atoms with Gasteiger partial charge in [0.1, 0.15) is 5.60 Å². The monoisotopic (exact) mass is 326 g/mol. The number of hydrogen-bond donors (Lipinski definition) is 2.